The minimum absolute atomic E-state index is 0.137. The molecule has 0 saturated carbocycles. The second-order valence-corrected chi connectivity index (χ2v) is 12.0. The van der Waals surface area contributed by atoms with Crippen molar-refractivity contribution in [3.63, 3.8) is 0 Å². The molecular formula is C28H40N2O4S. The molecule has 0 bridgehead atoms. The monoisotopic (exact) mass is 500 g/mol. The second-order valence-electron chi connectivity index (χ2n) is 10.1. The Kier molecular flexibility index (Phi) is 9.00. The van der Waals surface area contributed by atoms with Crippen molar-refractivity contribution < 1.29 is 18.3 Å². The Morgan fingerprint density at radius 2 is 1.74 bits per heavy atom. The highest BCUT2D eigenvalue weighted by Crippen LogP contribution is 2.45. The number of carbonyl (C=O) groups is 1. The topological polar surface area (TPSA) is 86.7 Å². The van der Waals surface area contributed by atoms with Gasteiger partial charge in [-0.3, -0.25) is 4.79 Å². The average Bonchev–Trinajstić information content (AvgIpc) is 2.92. The molecule has 0 spiro atoms. The number of nitrogens with zero attached hydrogens (tertiary/aromatic N) is 1. The second kappa shape index (κ2) is 11.6. The molecule has 0 fully saturated rings. The quantitative estimate of drug-likeness (QED) is 0.402. The van der Waals surface area contributed by atoms with E-state index in [0.29, 0.717) is 18.0 Å². The molecular weight excluding hydrogens is 460 g/mol. The average molecular weight is 501 g/mol. The molecule has 2 aromatic carbocycles. The molecule has 0 aromatic heterocycles. The van der Waals surface area contributed by atoms with Crippen molar-refractivity contribution in [1.29, 1.82) is 0 Å². The Balaban J connectivity index is 2.15. The van der Waals surface area contributed by atoms with Crippen LogP contribution in [0.4, 0.5) is 11.4 Å². The maximum Gasteiger partial charge on any atom is 0.320 e. The lowest BCUT2D eigenvalue weighted by molar-refractivity contribution is -0.139. The zero-order chi connectivity index (χ0) is 25.6. The van der Waals surface area contributed by atoms with Crippen LogP contribution in [-0.4, -0.2) is 37.8 Å². The molecule has 1 atom stereocenters. The molecule has 0 saturated heterocycles. The highest BCUT2D eigenvalue weighted by Gasteiger charge is 2.42. The van der Waals surface area contributed by atoms with Gasteiger partial charge in [-0.25, -0.2) is 8.42 Å². The molecule has 0 unspecified atom stereocenters. The molecule has 0 radical (unpaired) electrons. The highest BCUT2D eigenvalue weighted by atomic mass is 32.2. The Morgan fingerprint density at radius 3 is 2.31 bits per heavy atom. The maximum absolute atomic E-state index is 14.0. The lowest BCUT2D eigenvalue weighted by atomic mass is 9.79. The number of sulfone groups is 1. The van der Waals surface area contributed by atoms with Crippen LogP contribution in [0.3, 0.4) is 0 Å². The fraction of sp³-hybridized carbons (Fsp3) is 0.536. The molecule has 0 aliphatic carbocycles. The molecule has 35 heavy (non-hydrogen) atoms. The molecule has 1 aliphatic heterocycles. The van der Waals surface area contributed by atoms with E-state index in [1.807, 2.05) is 43.3 Å². The molecule has 7 heteroatoms. The van der Waals surface area contributed by atoms with Gasteiger partial charge in [0.05, 0.1) is 16.3 Å². The predicted octanol–water partition coefficient (Wildman–Crippen LogP) is 5.85. The number of para-hydroxylation sites is 1. The Morgan fingerprint density at radius 1 is 1.11 bits per heavy atom. The summed E-state index contributed by atoms with van der Waals surface area (Å²) in [5.74, 6) is -0.797. The number of carboxylic acid groups (broad SMARTS) is 1. The fourth-order valence-corrected chi connectivity index (χ4v) is 7.18. The highest BCUT2D eigenvalue weighted by molar-refractivity contribution is 7.91. The summed E-state index contributed by atoms with van der Waals surface area (Å²) in [4.78, 5) is 13.8. The van der Waals surface area contributed by atoms with Crippen LogP contribution in [0, 0.1) is 12.3 Å². The number of anilines is 2. The molecule has 192 valence electrons. The van der Waals surface area contributed by atoms with E-state index in [2.05, 4.69) is 24.1 Å². The van der Waals surface area contributed by atoms with Gasteiger partial charge in [0.25, 0.3) is 0 Å². The van der Waals surface area contributed by atoms with Crippen molar-refractivity contribution in [3.05, 3.63) is 53.6 Å². The Labute approximate surface area is 210 Å². The van der Waals surface area contributed by atoms with E-state index in [9.17, 15) is 18.3 Å². The predicted molar refractivity (Wildman–Crippen MR) is 142 cm³/mol. The molecule has 2 N–H and O–H groups in total. The normalized spacial score (nSPS) is 17.4. The van der Waals surface area contributed by atoms with E-state index in [0.717, 1.165) is 61.0 Å². The number of fused-ring (bicyclic) bond motifs is 1. The number of aliphatic carboxylic acids is 1. The van der Waals surface area contributed by atoms with Crippen molar-refractivity contribution in [2.75, 3.05) is 17.2 Å². The van der Waals surface area contributed by atoms with E-state index in [1.54, 1.807) is 13.0 Å². The summed E-state index contributed by atoms with van der Waals surface area (Å²) in [6, 6.07) is 13.1. The molecule has 0 amide bonds. The van der Waals surface area contributed by atoms with E-state index in [4.69, 9.17) is 0 Å². The van der Waals surface area contributed by atoms with Crippen LogP contribution < -0.4 is 10.2 Å². The number of hydrogen-bond acceptors (Lipinski definition) is 5. The van der Waals surface area contributed by atoms with Gasteiger partial charge in [0, 0.05) is 24.2 Å². The number of rotatable bonds is 11. The molecule has 3 rings (SSSR count). The number of unbranched alkanes of at least 4 members (excludes halogenated alkanes) is 2. The molecule has 6 nitrogen and oxygen atoms in total. The van der Waals surface area contributed by atoms with E-state index >= 15 is 0 Å². The summed E-state index contributed by atoms with van der Waals surface area (Å²) in [5.41, 5.74) is 3.14. The largest absolute Gasteiger partial charge is 0.480 e. The van der Waals surface area contributed by atoms with Gasteiger partial charge in [-0.15, -0.1) is 0 Å². The fourth-order valence-electron chi connectivity index (χ4n) is 5.03. The van der Waals surface area contributed by atoms with Gasteiger partial charge in [-0.2, -0.15) is 0 Å². The molecule has 2 aromatic rings. The zero-order valence-corrected chi connectivity index (χ0v) is 22.3. The van der Waals surface area contributed by atoms with Gasteiger partial charge in [0.2, 0.25) is 0 Å². The summed E-state index contributed by atoms with van der Waals surface area (Å²) in [6.07, 6.45) is 5.82. The summed E-state index contributed by atoms with van der Waals surface area (Å²) in [7, 11) is -3.57. The third-order valence-electron chi connectivity index (χ3n) is 7.19. The van der Waals surface area contributed by atoms with Gasteiger partial charge < -0.3 is 15.3 Å². The smallest absolute Gasteiger partial charge is 0.320 e. The minimum Gasteiger partial charge on any atom is -0.480 e. The first-order valence-corrected chi connectivity index (χ1v) is 14.4. The van der Waals surface area contributed by atoms with Crippen molar-refractivity contribution in [1.82, 2.24) is 5.32 Å². The first-order chi connectivity index (χ1) is 16.6. The first-order valence-electron chi connectivity index (χ1n) is 12.8. The van der Waals surface area contributed by atoms with Crippen LogP contribution in [0.15, 0.2) is 47.4 Å². The van der Waals surface area contributed by atoms with Crippen molar-refractivity contribution in [2.24, 2.45) is 5.41 Å². The molecule has 1 heterocycles. The summed E-state index contributed by atoms with van der Waals surface area (Å²) in [6.45, 7) is 8.82. The zero-order valence-electron chi connectivity index (χ0n) is 21.5. The molecule has 1 aliphatic rings. The van der Waals surface area contributed by atoms with Crippen molar-refractivity contribution >= 4 is 27.2 Å². The van der Waals surface area contributed by atoms with Gasteiger partial charge in [0.1, 0.15) is 6.04 Å². The van der Waals surface area contributed by atoms with Crippen molar-refractivity contribution in [3.8, 4) is 0 Å². The Hall–Kier alpha value is -2.38. The standard InChI is InChI=1S/C28H40N2O4S/c1-5-7-14-28(15-8-6-2)19-30(24-12-10-9-11-13-24)25-16-21(3)23(18-29-22(4)27(31)32)17-26(25)35(33,34)20-28/h9-13,16-17,22,29H,5-8,14-15,18-20H2,1-4H3,(H,31,32)/t22-/m0/s1. The maximum atomic E-state index is 14.0. The minimum atomic E-state index is -3.57. The van der Waals surface area contributed by atoms with Crippen LogP contribution in [0.2, 0.25) is 0 Å². The summed E-state index contributed by atoms with van der Waals surface area (Å²) < 4.78 is 28.0. The summed E-state index contributed by atoms with van der Waals surface area (Å²) in [5, 5.41) is 12.2. The Bertz CT molecular complexity index is 1110. The van der Waals surface area contributed by atoms with Gasteiger partial charge >= 0.3 is 5.97 Å². The SMILES string of the molecule is CCCCC1(CCCC)CN(c2ccccc2)c2cc(C)c(CN[C@@H](C)C(=O)O)cc2S(=O)(=O)C1. The van der Waals surface area contributed by atoms with E-state index in [1.165, 1.54) is 0 Å². The third-order valence-corrected chi connectivity index (χ3v) is 9.18. The lowest BCUT2D eigenvalue weighted by Gasteiger charge is -2.37. The first kappa shape index (κ1) is 27.2. The number of aryl methyl sites for hydroxylation is 1. The van der Waals surface area contributed by atoms with Gasteiger partial charge in [0.15, 0.2) is 9.84 Å². The van der Waals surface area contributed by atoms with Crippen LogP contribution in [0.1, 0.15) is 70.4 Å². The van der Waals surface area contributed by atoms with Crippen LogP contribution in [-0.2, 0) is 21.2 Å². The van der Waals surface area contributed by atoms with Crippen LogP contribution >= 0.6 is 0 Å². The van der Waals surface area contributed by atoms with E-state index in [-0.39, 0.29) is 11.2 Å². The lowest BCUT2D eigenvalue weighted by Crippen LogP contribution is -2.38. The van der Waals surface area contributed by atoms with Crippen LogP contribution in [0.5, 0.6) is 0 Å². The number of nitrogens with one attached hydrogen (secondary N) is 1. The van der Waals surface area contributed by atoms with Gasteiger partial charge in [-0.1, -0.05) is 57.7 Å². The summed E-state index contributed by atoms with van der Waals surface area (Å²) >= 11 is 0. The van der Waals surface area contributed by atoms with Crippen molar-refractivity contribution in [2.45, 2.75) is 83.7 Å². The number of benzene rings is 2. The van der Waals surface area contributed by atoms with Gasteiger partial charge in [-0.05, 0) is 62.1 Å². The van der Waals surface area contributed by atoms with Crippen LogP contribution in [0.25, 0.3) is 0 Å². The van der Waals surface area contributed by atoms with E-state index < -0.39 is 21.8 Å². The third kappa shape index (κ3) is 6.44. The number of carboxylic acids is 1. The number of hydrogen-bond donors (Lipinski definition) is 2.